The van der Waals surface area contributed by atoms with Gasteiger partial charge in [-0.3, -0.25) is 14.6 Å². The van der Waals surface area contributed by atoms with Crippen LogP contribution in [0.4, 0.5) is 0 Å². The number of amides is 1. The van der Waals surface area contributed by atoms with Gasteiger partial charge in [-0.25, -0.2) is 0 Å². The number of aromatic nitrogens is 1. The smallest absolute Gasteiger partial charge is 0.295 e. The highest BCUT2D eigenvalue weighted by Crippen LogP contribution is 2.46. The fourth-order valence-electron chi connectivity index (χ4n) is 4.10. The molecule has 0 radical (unpaired) electrons. The van der Waals surface area contributed by atoms with Gasteiger partial charge in [-0.1, -0.05) is 11.6 Å². The second kappa shape index (κ2) is 10.1. The molecule has 9 heteroatoms. The fourth-order valence-corrected chi connectivity index (χ4v) is 4.22. The van der Waals surface area contributed by atoms with Crippen molar-refractivity contribution in [1.29, 1.82) is 0 Å². The molecule has 2 aromatic carbocycles. The lowest BCUT2D eigenvalue weighted by molar-refractivity contribution is -0.140. The maximum atomic E-state index is 13.3. The van der Waals surface area contributed by atoms with E-state index in [0.717, 1.165) is 5.56 Å². The van der Waals surface area contributed by atoms with Gasteiger partial charge in [0.2, 0.25) is 5.75 Å². The molecule has 0 spiro atoms. The second-order valence-corrected chi connectivity index (χ2v) is 8.18. The first-order valence-electron chi connectivity index (χ1n) is 10.6. The van der Waals surface area contributed by atoms with E-state index in [1.54, 1.807) is 60.9 Å². The molecular weight excluding hydrogens is 472 g/mol. The molecular formula is C26H23ClN2O6. The van der Waals surface area contributed by atoms with Gasteiger partial charge < -0.3 is 24.2 Å². The van der Waals surface area contributed by atoms with Gasteiger partial charge in [0.05, 0.1) is 32.9 Å². The summed E-state index contributed by atoms with van der Waals surface area (Å²) in [6, 6.07) is 12.3. The largest absolute Gasteiger partial charge is 0.507 e. The van der Waals surface area contributed by atoms with Crippen molar-refractivity contribution < 1.29 is 28.9 Å². The zero-order valence-corrected chi connectivity index (χ0v) is 20.1. The zero-order chi connectivity index (χ0) is 25.1. The summed E-state index contributed by atoms with van der Waals surface area (Å²) in [6.07, 6.45) is 3.21. The molecule has 1 amide bonds. The molecule has 1 aliphatic heterocycles. The molecule has 35 heavy (non-hydrogen) atoms. The molecule has 0 saturated carbocycles. The minimum absolute atomic E-state index is 0.0550. The number of nitrogens with zero attached hydrogens (tertiary/aromatic N) is 2. The molecule has 180 valence electrons. The van der Waals surface area contributed by atoms with E-state index in [4.69, 9.17) is 25.8 Å². The van der Waals surface area contributed by atoms with Crippen molar-refractivity contribution in [2.45, 2.75) is 12.6 Å². The number of aliphatic hydroxyl groups excluding tert-OH is 1. The van der Waals surface area contributed by atoms with Crippen LogP contribution in [0, 0.1) is 0 Å². The van der Waals surface area contributed by atoms with Crippen molar-refractivity contribution in [1.82, 2.24) is 9.88 Å². The van der Waals surface area contributed by atoms with Crippen LogP contribution in [0.2, 0.25) is 5.02 Å². The molecule has 1 aliphatic rings. The van der Waals surface area contributed by atoms with Gasteiger partial charge in [-0.05, 0) is 59.7 Å². The van der Waals surface area contributed by atoms with Crippen LogP contribution < -0.4 is 14.2 Å². The highest BCUT2D eigenvalue weighted by molar-refractivity contribution is 6.46. The monoisotopic (exact) mass is 494 g/mol. The summed E-state index contributed by atoms with van der Waals surface area (Å²) in [6.45, 7) is 0.117. The first kappa shape index (κ1) is 24.1. The Morgan fingerprint density at radius 2 is 1.57 bits per heavy atom. The van der Waals surface area contributed by atoms with Gasteiger partial charge in [0.15, 0.2) is 11.5 Å². The van der Waals surface area contributed by atoms with Crippen LogP contribution in [0.25, 0.3) is 5.76 Å². The van der Waals surface area contributed by atoms with Gasteiger partial charge in [0.1, 0.15) is 5.76 Å². The van der Waals surface area contributed by atoms with E-state index in [9.17, 15) is 14.7 Å². The number of pyridine rings is 1. The molecule has 1 unspecified atom stereocenters. The third-order valence-electron chi connectivity index (χ3n) is 5.76. The lowest BCUT2D eigenvalue weighted by Gasteiger charge is -2.26. The quantitative estimate of drug-likeness (QED) is 0.295. The van der Waals surface area contributed by atoms with Crippen molar-refractivity contribution in [3.63, 3.8) is 0 Å². The SMILES string of the molecule is COc1cc(C2/C(=C(\O)c3ccc(Cl)cc3)C(=O)C(=O)N2Cc2ccncc2)cc(OC)c1OC. The van der Waals surface area contributed by atoms with Crippen LogP contribution in [-0.4, -0.2) is 48.0 Å². The molecule has 3 aromatic rings. The number of methoxy groups -OCH3 is 3. The third-order valence-corrected chi connectivity index (χ3v) is 6.01. The van der Waals surface area contributed by atoms with Crippen LogP contribution in [0.15, 0.2) is 66.5 Å². The average Bonchev–Trinajstić information content (AvgIpc) is 3.13. The number of ether oxygens (including phenoxy) is 3. The van der Waals surface area contributed by atoms with E-state index in [1.807, 2.05) is 0 Å². The predicted octanol–water partition coefficient (Wildman–Crippen LogP) is 4.38. The van der Waals surface area contributed by atoms with Gasteiger partial charge in [-0.15, -0.1) is 0 Å². The Bertz CT molecular complexity index is 1270. The van der Waals surface area contributed by atoms with E-state index in [0.29, 0.717) is 33.4 Å². The average molecular weight is 495 g/mol. The second-order valence-electron chi connectivity index (χ2n) is 7.75. The van der Waals surface area contributed by atoms with Crippen molar-refractivity contribution in [3.8, 4) is 17.2 Å². The molecule has 1 aromatic heterocycles. The molecule has 1 atom stereocenters. The Morgan fingerprint density at radius 3 is 2.11 bits per heavy atom. The molecule has 0 aliphatic carbocycles. The Kier molecular flexibility index (Phi) is 6.93. The summed E-state index contributed by atoms with van der Waals surface area (Å²) in [5, 5.41) is 11.7. The summed E-state index contributed by atoms with van der Waals surface area (Å²) < 4.78 is 16.4. The summed E-state index contributed by atoms with van der Waals surface area (Å²) in [5.74, 6) is -0.787. The maximum Gasteiger partial charge on any atom is 0.295 e. The first-order chi connectivity index (χ1) is 16.9. The highest BCUT2D eigenvalue weighted by Gasteiger charge is 2.46. The lowest BCUT2D eigenvalue weighted by atomic mass is 9.94. The predicted molar refractivity (Wildman–Crippen MR) is 130 cm³/mol. The maximum absolute atomic E-state index is 13.3. The number of Topliss-reactive ketones (excluding diaryl/α,β-unsaturated/α-hetero) is 1. The van der Waals surface area contributed by atoms with Crippen LogP contribution in [0.3, 0.4) is 0 Å². The van der Waals surface area contributed by atoms with Gasteiger partial charge in [0, 0.05) is 29.5 Å². The normalized spacial score (nSPS) is 16.9. The molecule has 1 fully saturated rings. The number of aliphatic hydroxyl groups is 1. The summed E-state index contributed by atoms with van der Waals surface area (Å²) in [4.78, 5) is 31.9. The fraction of sp³-hybridized carbons (Fsp3) is 0.192. The lowest BCUT2D eigenvalue weighted by Crippen LogP contribution is -2.29. The molecule has 0 bridgehead atoms. The number of ketones is 1. The number of benzene rings is 2. The number of carbonyl (C=O) groups excluding carboxylic acids is 2. The Balaban J connectivity index is 1.94. The Labute approximate surface area is 207 Å². The molecule has 1 N–H and O–H groups in total. The van der Waals surface area contributed by atoms with E-state index in [-0.39, 0.29) is 17.9 Å². The zero-order valence-electron chi connectivity index (χ0n) is 19.3. The van der Waals surface area contributed by atoms with Crippen LogP contribution in [-0.2, 0) is 16.1 Å². The third kappa shape index (κ3) is 4.52. The van der Waals surface area contributed by atoms with Crippen molar-refractivity contribution in [2.75, 3.05) is 21.3 Å². The molecule has 2 heterocycles. The van der Waals surface area contributed by atoms with Crippen molar-refractivity contribution in [3.05, 3.63) is 88.2 Å². The van der Waals surface area contributed by atoms with E-state index in [2.05, 4.69) is 4.98 Å². The minimum atomic E-state index is -0.924. The number of hydrogen-bond acceptors (Lipinski definition) is 7. The molecule has 4 rings (SSSR count). The molecule has 1 saturated heterocycles. The summed E-state index contributed by atoms with van der Waals surface area (Å²) in [5.41, 5.74) is 1.57. The van der Waals surface area contributed by atoms with Crippen molar-refractivity contribution >= 4 is 29.1 Å². The van der Waals surface area contributed by atoms with Crippen LogP contribution in [0.5, 0.6) is 17.2 Å². The molecule has 8 nitrogen and oxygen atoms in total. The first-order valence-corrected chi connectivity index (χ1v) is 11.0. The van der Waals surface area contributed by atoms with E-state index < -0.39 is 17.7 Å². The van der Waals surface area contributed by atoms with Gasteiger partial charge in [0.25, 0.3) is 11.7 Å². The Hall–Kier alpha value is -4.04. The van der Waals surface area contributed by atoms with Crippen LogP contribution in [0.1, 0.15) is 22.7 Å². The van der Waals surface area contributed by atoms with E-state index >= 15 is 0 Å². The number of halogens is 1. The van der Waals surface area contributed by atoms with Gasteiger partial charge in [-0.2, -0.15) is 0 Å². The number of rotatable bonds is 7. The number of hydrogen-bond donors (Lipinski definition) is 1. The summed E-state index contributed by atoms with van der Waals surface area (Å²) in [7, 11) is 4.43. The van der Waals surface area contributed by atoms with E-state index in [1.165, 1.54) is 26.2 Å². The topological polar surface area (TPSA) is 98.2 Å². The Morgan fingerprint density at radius 1 is 0.971 bits per heavy atom. The number of likely N-dealkylation sites (tertiary alicyclic amines) is 1. The standard InChI is InChI=1S/C26H23ClN2O6/c1-33-19-12-17(13-20(34-2)25(19)35-3)22-21(23(30)16-4-6-18(27)7-5-16)24(31)26(32)29(22)14-15-8-10-28-11-9-15/h4-13,22,30H,14H2,1-3H3/b23-21+. The highest BCUT2D eigenvalue weighted by atomic mass is 35.5. The van der Waals surface area contributed by atoms with Gasteiger partial charge >= 0.3 is 0 Å². The van der Waals surface area contributed by atoms with Crippen molar-refractivity contribution in [2.24, 2.45) is 0 Å². The minimum Gasteiger partial charge on any atom is -0.507 e. The summed E-state index contributed by atoms with van der Waals surface area (Å²) >= 11 is 5.99. The van der Waals surface area contributed by atoms with Crippen LogP contribution >= 0.6 is 11.6 Å². The number of carbonyl (C=O) groups is 2.